The highest BCUT2D eigenvalue weighted by Crippen LogP contribution is 2.28. The average Bonchev–Trinajstić information content (AvgIpc) is 2.44. The summed E-state index contributed by atoms with van der Waals surface area (Å²) >= 11 is 32.2. The van der Waals surface area contributed by atoms with Crippen LogP contribution in [0.2, 0.25) is 0 Å². The number of unbranched alkanes of at least 4 members (excludes halogenated alkanes) is 9. The number of carbonyl (C=O) groups excluding carboxylic acids is 2. The summed E-state index contributed by atoms with van der Waals surface area (Å²) in [6.07, 6.45) is 10.5. The first-order valence-corrected chi connectivity index (χ1v) is 10.8. The Kier molecular flexibility index (Phi) is 15.0. The minimum atomic E-state index is -1.97. The highest BCUT2D eigenvalue weighted by atomic mass is 35.6. The molecule has 0 saturated carbocycles. The molecule has 0 rings (SSSR count). The van der Waals surface area contributed by atoms with Crippen molar-refractivity contribution in [2.24, 2.45) is 0 Å². The number of hydrogen-bond donors (Lipinski definition) is 0. The molecule has 26 heavy (non-hydrogen) atoms. The molecule has 0 aliphatic heterocycles. The minimum absolute atomic E-state index is 0.259. The number of ether oxygens (including phenoxy) is 2. The molecule has 0 aliphatic rings. The second-order valence-electron chi connectivity index (χ2n) is 5.88. The normalized spacial score (nSPS) is 12.1. The van der Waals surface area contributed by atoms with Gasteiger partial charge in [0.2, 0.25) is 0 Å². The molecule has 0 heterocycles. The molecule has 4 nitrogen and oxygen atoms in total. The standard InChI is InChI=1S/C16H24Cl6O4/c17-15(18,19)25-13(23)11-9-7-5-3-1-2-4-6-8-10-12-14(24)26-16(20,21)22/h1-12H2. The van der Waals surface area contributed by atoms with Crippen LogP contribution in [0.3, 0.4) is 0 Å². The number of esters is 2. The Morgan fingerprint density at radius 1 is 0.500 bits per heavy atom. The van der Waals surface area contributed by atoms with Crippen molar-refractivity contribution >= 4 is 81.5 Å². The molecule has 0 aromatic carbocycles. The summed E-state index contributed by atoms with van der Waals surface area (Å²) < 4.78 is 5.21. The van der Waals surface area contributed by atoms with Gasteiger partial charge in [0, 0.05) is 12.8 Å². The summed E-state index contributed by atoms with van der Waals surface area (Å²) in [4.78, 5) is 22.6. The zero-order valence-corrected chi connectivity index (χ0v) is 18.9. The molecule has 0 saturated heterocycles. The van der Waals surface area contributed by atoms with Crippen LogP contribution in [0.25, 0.3) is 0 Å². The van der Waals surface area contributed by atoms with Gasteiger partial charge in [-0.25, -0.2) is 0 Å². The van der Waals surface area contributed by atoms with Gasteiger partial charge < -0.3 is 9.47 Å². The fourth-order valence-electron chi connectivity index (χ4n) is 2.31. The van der Waals surface area contributed by atoms with E-state index >= 15 is 0 Å². The number of halogens is 6. The highest BCUT2D eigenvalue weighted by molar-refractivity contribution is 6.67. The molecule has 0 aromatic rings. The monoisotopic (exact) mass is 490 g/mol. The van der Waals surface area contributed by atoms with Crippen LogP contribution in [-0.2, 0) is 19.1 Å². The van der Waals surface area contributed by atoms with Gasteiger partial charge in [-0.15, -0.1) is 0 Å². The molecule has 154 valence electrons. The van der Waals surface area contributed by atoms with E-state index < -0.39 is 19.9 Å². The molecule has 0 radical (unpaired) electrons. The van der Waals surface area contributed by atoms with Crippen molar-refractivity contribution in [1.29, 1.82) is 0 Å². The lowest BCUT2D eigenvalue weighted by Gasteiger charge is -2.11. The lowest BCUT2D eigenvalue weighted by molar-refractivity contribution is -0.145. The van der Waals surface area contributed by atoms with Crippen LogP contribution in [0.5, 0.6) is 0 Å². The molecule has 0 aromatic heterocycles. The molecule has 0 amide bonds. The van der Waals surface area contributed by atoms with Gasteiger partial charge in [-0.1, -0.05) is 51.4 Å². The lowest BCUT2D eigenvalue weighted by Crippen LogP contribution is -2.15. The predicted octanol–water partition coefficient (Wildman–Crippen LogP) is 7.41. The van der Waals surface area contributed by atoms with Crippen molar-refractivity contribution in [3.63, 3.8) is 0 Å². The van der Waals surface area contributed by atoms with Gasteiger partial charge in [0.25, 0.3) is 0 Å². The summed E-state index contributed by atoms with van der Waals surface area (Å²) in [6.45, 7) is 0. The Hall–Kier alpha value is 0.680. The topological polar surface area (TPSA) is 52.6 Å². The maximum Gasteiger partial charge on any atom is 0.340 e. The van der Waals surface area contributed by atoms with Crippen LogP contribution in [0, 0.1) is 0 Å². The molecule has 0 N–H and O–H groups in total. The van der Waals surface area contributed by atoms with Crippen molar-refractivity contribution in [2.75, 3.05) is 0 Å². The Morgan fingerprint density at radius 3 is 0.962 bits per heavy atom. The van der Waals surface area contributed by atoms with E-state index in [2.05, 4.69) is 9.47 Å². The van der Waals surface area contributed by atoms with E-state index in [-0.39, 0.29) is 12.8 Å². The molecule has 0 bridgehead atoms. The first-order chi connectivity index (χ1) is 12.0. The maximum absolute atomic E-state index is 11.3. The summed E-state index contributed by atoms with van der Waals surface area (Å²) in [7, 11) is 0. The van der Waals surface area contributed by atoms with Gasteiger partial charge >= 0.3 is 19.9 Å². The third kappa shape index (κ3) is 21.0. The third-order valence-corrected chi connectivity index (χ3v) is 3.93. The number of alkyl halides is 6. The van der Waals surface area contributed by atoms with Gasteiger partial charge in [-0.2, -0.15) is 0 Å². The van der Waals surface area contributed by atoms with Gasteiger partial charge in [-0.3, -0.25) is 9.59 Å². The number of rotatable bonds is 13. The maximum atomic E-state index is 11.3. The molecular formula is C16H24Cl6O4. The summed E-state index contributed by atoms with van der Waals surface area (Å²) in [5.41, 5.74) is 0. The second-order valence-corrected chi connectivity index (χ2v) is 10.2. The van der Waals surface area contributed by atoms with Crippen LogP contribution in [0.4, 0.5) is 0 Å². The van der Waals surface area contributed by atoms with Gasteiger partial charge in [0.05, 0.1) is 0 Å². The Bertz CT molecular complexity index is 369. The minimum Gasteiger partial charge on any atom is -0.415 e. The van der Waals surface area contributed by atoms with Crippen molar-refractivity contribution in [3.8, 4) is 0 Å². The van der Waals surface area contributed by atoms with Gasteiger partial charge in [0.1, 0.15) is 0 Å². The van der Waals surface area contributed by atoms with Crippen LogP contribution >= 0.6 is 69.6 Å². The van der Waals surface area contributed by atoms with Crippen molar-refractivity contribution in [2.45, 2.75) is 85.0 Å². The predicted molar refractivity (Wildman–Crippen MR) is 108 cm³/mol. The fourth-order valence-corrected chi connectivity index (χ4v) is 2.83. The number of carbonyl (C=O) groups is 2. The Balaban J connectivity index is 3.32. The van der Waals surface area contributed by atoms with E-state index in [1.165, 1.54) is 0 Å². The van der Waals surface area contributed by atoms with Crippen molar-refractivity contribution < 1.29 is 19.1 Å². The van der Waals surface area contributed by atoms with Gasteiger partial charge in [0.15, 0.2) is 0 Å². The van der Waals surface area contributed by atoms with Crippen LogP contribution < -0.4 is 0 Å². The molecule has 0 aliphatic carbocycles. The summed E-state index contributed by atoms with van der Waals surface area (Å²) in [5.74, 6) is -0.995. The Morgan fingerprint density at radius 2 is 0.731 bits per heavy atom. The summed E-state index contributed by atoms with van der Waals surface area (Å²) in [6, 6.07) is 0. The highest BCUT2D eigenvalue weighted by Gasteiger charge is 2.25. The van der Waals surface area contributed by atoms with Gasteiger partial charge in [-0.05, 0) is 82.4 Å². The lowest BCUT2D eigenvalue weighted by atomic mass is 10.1. The number of hydrogen-bond acceptors (Lipinski definition) is 4. The molecule has 10 heteroatoms. The SMILES string of the molecule is O=C(CCCCCCCCCCCCC(=O)OC(Cl)(Cl)Cl)OC(Cl)(Cl)Cl. The van der Waals surface area contributed by atoms with Crippen LogP contribution in [0.1, 0.15) is 77.0 Å². The zero-order chi connectivity index (χ0) is 20.1. The largest absolute Gasteiger partial charge is 0.415 e. The van der Waals surface area contributed by atoms with E-state index in [9.17, 15) is 9.59 Å². The van der Waals surface area contributed by atoms with Crippen LogP contribution in [0.15, 0.2) is 0 Å². The summed E-state index contributed by atoms with van der Waals surface area (Å²) in [5, 5.41) is 0. The van der Waals surface area contributed by atoms with E-state index in [1.54, 1.807) is 0 Å². The van der Waals surface area contributed by atoms with E-state index in [4.69, 9.17) is 69.6 Å². The second kappa shape index (κ2) is 14.6. The smallest absolute Gasteiger partial charge is 0.340 e. The first kappa shape index (κ1) is 26.7. The molecule has 0 fully saturated rings. The van der Waals surface area contributed by atoms with Crippen molar-refractivity contribution in [1.82, 2.24) is 0 Å². The average molecular weight is 493 g/mol. The Labute approximate surface area is 185 Å². The molecule has 0 spiro atoms. The van der Waals surface area contributed by atoms with Crippen molar-refractivity contribution in [3.05, 3.63) is 0 Å². The van der Waals surface area contributed by atoms with Crippen LogP contribution in [-0.4, -0.2) is 19.9 Å². The zero-order valence-electron chi connectivity index (χ0n) is 14.4. The van der Waals surface area contributed by atoms with E-state index in [0.29, 0.717) is 0 Å². The van der Waals surface area contributed by atoms with E-state index in [0.717, 1.165) is 64.2 Å². The molecular weight excluding hydrogens is 469 g/mol. The first-order valence-electron chi connectivity index (χ1n) is 8.57. The third-order valence-electron chi connectivity index (χ3n) is 3.47. The quantitative estimate of drug-likeness (QED) is 0.152. The fraction of sp³-hybridized carbons (Fsp3) is 0.875. The molecule has 0 unspecified atom stereocenters. The molecule has 0 atom stereocenters. The van der Waals surface area contributed by atoms with E-state index in [1.807, 2.05) is 0 Å².